The van der Waals surface area contributed by atoms with Crippen molar-refractivity contribution in [2.75, 3.05) is 10.6 Å². The van der Waals surface area contributed by atoms with Gasteiger partial charge < -0.3 is 5.32 Å². The molecule has 0 fully saturated rings. The average Bonchev–Trinajstić information content (AvgIpc) is 3.11. The van der Waals surface area contributed by atoms with Gasteiger partial charge in [0.15, 0.2) is 0 Å². The van der Waals surface area contributed by atoms with E-state index in [0.717, 1.165) is 12.1 Å². The Bertz CT molecular complexity index is 1110. The number of imidazole rings is 1. The zero-order valence-electron chi connectivity index (χ0n) is 14.0. The highest BCUT2D eigenvalue weighted by Gasteiger charge is 2.35. The third-order valence-corrected chi connectivity index (χ3v) is 4.71. The number of hydrogen-bond donors (Lipinski definition) is 2. The van der Waals surface area contributed by atoms with Crippen molar-refractivity contribution in [3.05, 3.63) is 53.1 Å². The van der Waals surface area contributed by atoms with Crippen molar-refractivity contribution in [3.8, 4) is 0 Å². The number of benzene rings is 2. The van der Waals surface area contributed by atoms with E-state index in [9.17, 15) is 22.8 Å². The summed E-state index contributed by atoms with van der Waals surface area (Å²) in [6.07, 6.45) is -4.91. The maximum atomic E-state index is 13.0. The molecule has 4 rings (SSSR count). The van der Waals surface area contributed by atoms with Gasteiger partial charge in [-0.15, -0.1) is 0 Å². The van der Waals surface area contributed by atoms with Crippen LogP contribution in [0, 0.1) is 0 Å². The van der Waals surface area contributed by atoms with Gasteiger partial charge in [0.2, 0.25) is 17.8 Å². The van der Waals surface area contributed by atoms with Gasteiger partial charge in [0, 0.05) is 5.69 Å². The average molecular weight is 409 g/mol. The SMILES string of the molecule is O=C(CC1C(=O)Nc2nc3ccccc3n21)Nc1ccc(Cl)c(C(F)(F)F)c1. The fourth-order valence-corrected chi connectivity index (χ4v) is 3.38. The molecule has 0 aliphatic carbocycles. The molecule has 6 nitrogen and oxygen atoms in total. The van der Waals surface area contributed by atoms with E-state index in [4.69, 9.17) is 11.6 Å². The lowest BCUT2D eigenvalue weighted by Gasteiger charge is -2.14. The van der Waals surface area contributed by atoms with Crippen LogP contribution >= 0.6 is 11.6 Å². The van der Waals surface area contributed by atoms with Crippen LogP contribution in [0.4, 0.5) is 24.8 Å². The van der Waals surface area contributed by atoms with Crippen molar-refractivity contribution >= 4 is 46.1 Å². The van der Waals surface area contributed by atoms with Crippen LogP contribution in [-0.4, -0.2) is 21.4 Å². The number of anilines is 2. The number of para-hydroxylation sites is 2. The summed E-state index contributed by atoms with van der Waals surface area (Å²) in [5.74, 6) is -0.688. The number of carbonyl (C=O) groups is 2. The molecule has 28 heavy (non-hydrogen) atoms. The van der Waals surface area contributed by atoms with E-state index in [1.165, 1.54) is 6.07 Å². The molecule has 1 aromatic heterocycles. The summed E-state index contributed by atoms with van der Waals surface area (Å²) in [7, 11) is 0. The zero-order chi connectivity index (χ0) is 20.1. The van der Waals surface area contributed by atoms with E-state index in [2.05, 4.69) is 15.6 Å². The number of fused-ring (bicyclic) bond motifs is 3. The highest BCUT2D eigenvalue weighted by Crippen LogP contribution is 2.36. The van der Waals surface area contributed by atoms with Gasteiger partial charge in [0.05, 0.1) is 28.0 Å². The monoisotopic (exact) mass is 408 g/mol. The quantitative estimate of drug-likeness (QED) is 0.681. The Kier molecular flexibility index (Phi) is 4.26. The molecule has 0 spiro atoms. The van der Waals surface area contributed by atoms with Gasteiger partial charge in [-0.2, -0.15) is 13.2 Å². The number of alkyl halides is 3. The van der Waals surface area contributed by atoms with Gasteiger partial charge in [-0.1, -0.05) is 23.7 Å². The van der Waals surface area contributed by atoms with Gasteiger partial charge in [-0.05, 0) is 30.3 Å². The molecule has 2 amide bonds. The lowest BCUT2D eigenvalue weighted by Crippen LogP contribution is -2.23. The lowest BCUT2D eigenvalue weighted by molar-refractivity contribution is -0.137. The second-order valence-electron chi connectivity index (χ2n) is 6.24. The van der Waals surface area contributed by atoms with E-state index in [0.29, 0.717) is 17.0 Å². The van der Waals surface area contributed by atoms with Crippen molar-refractivity contribution in [2.24, 2.45) is 0 Å². The molecule has 1 aliphatic heterocycles. The Hall–Kier alpha value is -3.07. The molecule has 0 saturated carbocycles. The van der Waals surface area contributed by atoms with Gasteiger partial charge in [0.25, 0.3) is 0 Å². The molecule has 1 atom stereocenters. The molecule has 0 saturated heterocycles. The number of rotatable bonds is 3. The van der Waals surface area contributed by atoms with E-state index in [1.807, 2.05) is 0 Å². The molecule has 0 bridgehead atoms. The second-order valence-corrected chi connectivity index (χ2v) is 6.65. The van der Waals surface area contributed by atoms with E-state index < -0.39 is 34.6 Å². The number of amides is 2. The van der Waals surface area contributed by atoms with Gasteiger partial charge in [-0.3, -0.25) is 19.5 Å². The summed E-state index contributed by atoms with van der Waals surface area (Å²) in [5, 5.41) is 4.54. The summed E-state index contributed by atoms with van der Waals surface area (Å²) >= 11 is 5.58. The third kappa shape index (κ3) is 3.18. The van der Waals surface area contributed by atoms with E-state index in [-0.39, 0.29) is 12.1 Å². The number of carbonyl (C=O) groups excluding carboxylic acids is 2. The fourth-order valence-electron chi connectivity index (χ4n) is 3.15. The number of hydrogen-bond acceptors (Lipinski definition) is 3. The van der Waals surface area contributed by atoms with Gasteiger partial charge in [-0.25, -0.2) is 4.98 Å². The maximum absolute atomic E-state index is 13.0. The Morgan fingerprint density at radius 2 is 2.00 bits per heavy atom. The Morgan fingerprint density at radius 3 is 2.75 bits per heavy atom. The van der Waals surface area contributed by atoms with Crippen LogP contribution in [0.2, 0.25) is 5.02 Å². The molecule has 2 heterocycles. The maximum Gasteiger partial charge on any atom is 0.417 e. The van der Waals surface area contributed by atoms with Gasteiger partial charge in [0.1, 0.15) is 6.04 Å². The summed E-state index contributed by atoms with van der Waals surface area (Å²) in [5.41, 5.74) is 0.235. The van der Waals surface area contributed by atoms with Crippen LogP contribution in [0.15, 0.2) is 42.5 Å². The highest BCUT2D eigenvalue weighted by atomic mass is 35.5. The van der Waals surface area contributed by atoms with Crippen molar-refractivity contribution < 1.29 is 22.8 Å². The van der Waals surface area contributed by atoms with Crippen LogP contribution in [-0.2, 0) is 15.8 Å². The summed E-state index contributed by atoms with van der Waals surface area (Å²) in [6, 6.07) is 9.36. The first-order valence-corrected chi connectivity index (χ1v) is 8.56. The van der Waals surface area contributed by atoms with Crippen LogP contribution in [0.25, 0.3) is 11.0 Å². The minimum Gasteiger partial charge on any atom is -0.326 e. The van der Waals surface area contributed by atoms with Crippen LogP contribution in [0.3, 0.4) is 0 Å². The first-order chi connectivity index (χ1) is 13.2. The first kappa shape index (κ1) is 18.3. The minimum atomic E-state index is -4.65. The Labute approximate surface area is 161 Å². The van der Waals surface area contributed by atoms with E-state index in [1.54, 1.807) is 28.8 Å². The number of nitrogens with zero attached hydrogens (tertiary/aromatic N) is 2. The molecule has 2 aromatic carbocycles. The smallest absolute Gasteiger partial charge is 0.326 e. The Morgan fingerprint density at radius 1 is 1.25 bits per heavy atom. The van der Waals surface area contributed by atoms with Gasteiger partial charge >= 0.3 is 6.18 Å². The topological polar surface area (TPSA) is 76.0 Å². The fraction of sp³-hybridized carbons (Fsp3) is 0.167. The predicted octanol–water partition coefficient (Wildman–Crippen LogP) is 4.23. The third-order valence-electron chi connectivity index (χ3n) is 4.38. The van der Waals surface area contributed by atoms with Crippen LogP contribution in [0.5, 0.6) is 0 Å². The Balaban J connectivity index is 1.56. The molecule has 144 valence electrons. The van der Waals surface area contributed by atoms with Crippen LogP contribution in [0.1, 0.15) is 18.0 Å². The highest BCUT2D eigenvalue weighted by molar-refractivity contribution is 6.31. The molecular weight excluding hydrogens is 397 g/mol. The molecular formula is C18H12ClF3N4O2. The normalized spacial score (nSPS) is 16.1. The van der Waals surface area contributed by atoms with Crippen molar-refractivity contribution in [1.29, 1.82) is 0 Å². The molecule has 3 aromatic rings. The molecule has 2 N–H and O–H groups in total. The van der Waals surface area contributed by atoms with Crippen molar-refractivity contribution in [2.45, 2.75) is 18.6 Å². The van der Waals surface area contributed by atoms with Crippen molar-refractivity contribution in [1.82, 2.24) is 9.55 Å². The summed E-state index contributed by atoms with van der Waals surface area (Å²) in [6.45, 7) is 0. The number of aromatic nitrogens is 2. The summed E-state index contributed by atoms with van der Waals surface area (Å²) in [4.78, 5) is 28.9. The largest absolute Gasteiger partial charge is 0.417 e. The van der Waals surface area contributed by atoms with E-state index >= 15 is 0 Å². The predicted molar refractivity (Wildman–Crippen MR) is 97.1 cm³/mol. The molecule has 10 heteroatoms. The standard InChI is InChI=1S/C18H12ClF3N4O2/c19-11-6-5-9(7-10(11)18(20,21)22)23-15(27)8-14-16(28)25-17-24-12-3-1-2-4-13(12)26(14)17/h1-7,14H,8H2,(H,23,27)(H,24,25,28). The van der Waals surface area contributed by atoms with Crippen LogP contribution < -0.4 is 10.6 Å². The zero-order valence-corrected chi connectivity index (χ0v) is 14.8. The second kappa shape index (κ2) is 6.52. The molecule has 1 unspecified atom stereocenters. The molecule has 1 aliphatic rings. The minimum absolute atomic E-state index is 0.0594. The summed E-state index contributed by atoms with van der Waals surface area (Å²) < 4.78 is 40.5. The van der Waals surface area contributed by atoms with Crippen molar-refractivity contribution in [3.63, 3.8) is 0 Å². The first-order valence-electron chi connectivity index (χ1n) is 8.18. The number of nitrogens with one attached hydrogen (secondary N) is 2. The lowest BCUT2D eigenvalue weighted by atomic mass is 10.1. The molecule has 0 radical (unpaired) electrons. The number of halogens is 4.